The fourth-order valence-electron chi connectivity index (χ4n) is 5.98. The van der Waals surface area contributed by atoms with Gasteiger partial charge in [0.25, 0.3) is 11.8 Å². The second-order valence-electron chi connectivity index (χ2n) is 12.9. The first-order valence-corrected chi connectivity index (χ1v) is 18.5. The molecule has 0 saturated carbocycles. The Morgan fingerprint density at radius 2 is 0.761 bits per heavy atom. The summed E-state index contributed by atoms with van der Waals surface area (Å²) in [5.74, 6) is -3.38. The molecule has 8 heteroatoms. The molecule has 8 nitrogen and oxygen atoms in total. The van der Waals surface area contributed by atoms with Crippen molar-refractivity contribution in [1.29, 1.82) is 0 Å². The second-order valence-corrected chi connectivity index (χ2v) is 12.9. The van der Waals surface area contributed by atoms with E-state index in [1.165, 1.54) is 103 Å². The Kier molecular flexibility index (Phi) is 21.0. The minimum atomic E-state index is -0.939. The van der Waals surface area contributed by atoms with Crippen LogP contribution in [0.5, 0.6) is 0 Å². The SMILES string of the molecule is CCCCCCCCCCCCCCOC(=O)c1cc2c(cc1C(=O)OCCCCCCCCCCCCCC)C(=O)N(O)C2=O. The summed E-state index contributed by atoms with van der Waals surface area (Å²) < 4.78 is 10.9. The lowest BCUT2D eigenvalue weighted by molar-refractivity contribution is -0.0327. The first-order valence-electron chi connectivity index (χ1n) is 18.5. The molecule has 1 aromatic rings. The Bertz CT molecular complexity index is 973. The molecule has 1 aliphatic heterocycles. The predicted octanol–water partition coefficient (Wildman–Crippen LogP) is 10.4. The van der Waals surface area contributed by atoms with E-state index >= 15 is 0 Å². The van der Waals surface area contributed by atoms with Gasteiger partial charge in [0, 0.05) is 0 Å². The van der Waals surface area contributed by atoms with Gasteiger partial charge >= 0.3 is 11.9 Å². The smallest absolute Gasteiger partial charge is 0.339 e. The molecule has 1 N–H and O–H groups in total. The maximum Gasteiger partial charge on any atom is 0.339 e. The Hall–Kier alpha value is -2.74. The Labute approximate surface area is 277 Å². The number of imide groups is 1. The summed E-state index contributed by atoms with van der Waals surface area (Å²) >= 11 is 0. The number of hydrogen-bond acceptors (Lipinski definition) is 7. The molecule has 260 valence electrons. The number of carbonyl (C=O) groups excluding carboxylic acids is 4. The van der Waals surface area contributed by atoms with E-state index in [4.69, 9.17) is 9.47 Å². The number of benzene rings is 1. The number of fused-ring (bicyclic) bond motifs is 1. The number of carbonyl (C=O) groups is 4. The van der Waals surface area contributed by atoms with Gasteiger partial charge < -0.3 is 9.47 Å². The minimum Gasteiger partial charge on any atom is -0.462 e. The number of amides is 2. The third-order valence-corrected chi connectivity index (χ3v) is 8.91. The molecule has 1 aliphatic rings. The van der Waals surface area contributed by atoms with Crippen LogP contribution in [0, 0.1) is 0 Å². The summed E-state index contributed by atoms with van der Waals surface area (Å²) in [4.78, 5) is 50.7. The Morgan fingerprint density at radius 3 is 1.04 bits per heavy atom. The summed E-state index contributed by atoms with van der Waals surface area (Å²) in [5.41, 5.74) is -0.535. The minimum absolute atomic E-state index is 0.00613. The molecular weight excluding hydrogens is 582 g/mol. The zero-order chi connectivity index (χ0) is 33.4. The number of rotatable bonds is 28. The molecular formula is C38H61NO7. The number of hydroxylamine groups is 2. The fraction of sp³-hybridized carbons (Fsp3) is 0.737. The van der Waals surface area contributed by atoms with Gasteiger partial charge in [-0.25, -0.2) is 9.59 Å². The van der Waals surface area contributed by atoms with Crippen LogP contribution < -0.4 is 0 Å². The molecule has 46 heavy (non-hydrogen) atoms. The van der Waals surface area contributed by atoms with E-state index < -0.39 is 23.8 Å². The molecule has 0 aliphatic carbocycles. The topological polar surface area (TPSA) is 110 Å². The van der Waals surface area contributed by atoms with Crippen LogP contribution in [-0.4, -0.2) is 47.2 Å². The third kappa shape index (κ3) is 14.8. The summed E-state index contributed by atoms with van der Waals surface area (Å²) in [6.07, 6.45) is 28.6. The van der Waals surface area contributed by atoms with Crippen molar-refractivity contribution >= 4 is 23.8 Å². The van der Waals surface area contributed by atoms with E-state index in [9.17, 15) is 24.4 Å². The van der Waals surface area contributed by atoms with Crippen molar-refractivity contribution in [2.45, 2.75) is 168 Å². The molecule has 0 saturated heterocycles. The maximum atomic E-state index is 13.0. The van der Waals surface area contributed by atoms with Gasteiger partial charge in [0.05, 0.1) is 35.5 Å². The van der Waals surface area contributed by atoms with Crippen molar-refractivity contribution < 1.29 is 33.9 Å². The summed E-state index contributed by atoms with van der Waals surface area (Å²) in [6.45, 7) is 4.86. The van der Waals surface area contributed by atoms with Crippen LogP contribution in [0.2, 0.25) is 0 Å². The maximum absolute atomic E-state index is 13.0. The number of unbranched alkanes of at least 4 members (excludes halogenated alkanes) is 22. The first-order chi connectivity index (χ1) is 22.4. The van der Waals surface area contributed by atoms with Crippen LogP contribution in [0.4, 0.5) is 0 Å². The molecule has 0 radical (unpaired) electrons. The van der Waals surface area contributed by atoms with Gasteiger partial charge in [-0.3, -0.25) is 14.8 Å². The summed E-state index contributed by atoms with van der Waals surface area (Å²) in [6, 6.07) is 2.33. The normalized spacial score (nSPS) is 12.5. The van der Waals surface area contributed by atoms with E-state index in [1.54, 1.807) is 0 Å². The quantitative estimate of drug-likeness (QED) is 0.0418. The zero-order valence-corrected chi connectivity index (χ0v) is 28.9. The van der Waals surface area contributed by atoms with Gasteiger partial charge in [-0.2, -0.15) is 0 Å². The molecule has 0 unspecified atom stereocenters. The van der Waals surface area contributed by atoms with E-state index in [0.717, 1.165) is 50.7 Å². The number of esters is 2. The number of ether oxygens (including phenoxy) is 2. The molecule has 0 bridgehead atoms. The van der Waals surface area contributed by atoms with Crippen molar-refractivity contribution in [2.24, 2.45) is 0 Å². The van der Waals surface area contributed by atoms with E-state index in [1.807, 2.05) is 0 Å². The third-order valence-electron chi connectivity index (χ3n) is 8.91. The highest BCUT2D eigenvalue weighted by atomic mass is 16.5. The Balaban J connectivity index is 1.74. The van der Waals surface area contributed by atoms with E-state index in [2.05, 4.69) is 13.8 Å². The standard InChI is InChI=1S/C38H61NO7/c1-3-5-7-9-11-13-15-17-19-21-23-25-27-45-37(42)33-29-31-32(36(41)39(44)35(31)40)30-34(33)38(43)46-28-26-24-22-20-18-16-14-12-10-8-6-4-2/h29-30,44H,3-28H2,1-2H3. The lowest BCUT2D eigenvalue weighted by Gasteiger charge is -2.11. The summed E-state index contributed by atoms with van der Waals surface area (Å²) in [5, 5.41) is 9.81. The van der Waals surface area contributed by atoms with Crippen LogP contribution >= 0.6 is 0 Å². The highest BCUT2D eigenvalue weighted by molar-refractivity contribution is 6.22. The van der Waals surface area contributed by atoms with Crippen molar-refractivity contribution in [3.63, 3.8) is 0 Å². The molecule has 1 heterocycles. The highest BCUT2D eigenvalue weighted by Crippen LogP contribution is 2.27. The lowest BCUT2D eigenvalue weighted by atomic mass is 9.99. The van der Waals surface area contributed by atoms with Gasteiger partial charge in [-0.15, -0.1) is 5.06 Å². The average molecular weight is 644 g/mol. The monoisotopic (exact) mass is 643 g/mol. The lowest BCUT2D eigenvalue weighted by Crippen LogP contribution is -2.25. The van der Waals surface area contributed by atoms with Gasteiger partial charge in [-0.1, -0.05) is 155 Å². The van der Waals surface area contributed by atoms with Crippen LogP contribution in [0.25, 0.3) is 0 Å². The summed E-state index contributed by atoms with van der Waals surface area (Å²) in [7, 11) is 0. The first kappa shape index (κ1) is 39.4. The predicted molar refractivity (Wildman–Crippen MR) is 181 cm³/mol. The molecule has 0 aromatic heterocycles. The van der Waals surface area contributed by atoms with Crippen LogP contribution in [0.15, 0.2) is 12.1 Å². The van der Waals surface area contributed by atoms with Crippen molar-refractivity contribution in [1.82, 2.24) is 5.06 Å². The van der Waals surface area contributed by atoms with Gasteiger partial charge in [0.2, 0.25) is 0 Å². The molecule has 0 atom stereocenters. The van der Waals surface area contributed by atoms with Crippen molar-refractivity contribution in [3.05, 3.63) is 34.4 Å². The van der Waals surface area contributed by atoms with Crippen LogP contribution in [-0.2, 0) is 9.47 Å². The Morgan fingerprint density at radius 1 is 0.500 bits per heavy atom. The van der Waals surface area contributed by atoms with Gasteiger partial charge in [-0.05, 0) is 25.0 Å². The largest absolute Gasteiger partial charge is 0.462 e. The van der Waals surface area contributed by atoms with Gasteiger partial charge in [0.1, 0.15) is 0 Å². The molecule has 2 rings (SSSR count). The molecule has 1 aromatic carbocycles. The molecule has 2 amide bonds. The van der Waals surface area contributed by atoms with Crippen LogP contribution in [0.3, 0.4) is 0 Å². The number of nitrogens with zero attached hydrogens (tertiary/aromatic N) is 1. The second kappa shape index (κ2) is 24.4. The van der Waals surface area contributed by atoms with Crippen molar-refractivity contribution in [2.75, 3.05) is 13.2 Å². The highest BCUT2D eigenvalue weighted by Gasteiger charge is 2.38. The number of hydrogen-bond donors (Lipinski definition) is 1. The molecule has 0 spiro atoms. The van der Waals surface area contributed by atoms with E-state index in [-0.39, 0.29) is 40.5 Å². The fourth-order valence-corrected chi connectivity index (χ4v) is 5.98. The van der Waals surface area contributed by atoms with Crippen molar-refractivity contribution in [3.8, 4) is 0 Å². The van der Waals surface area contributed by atoms with E-state index in [0.29, 0.717) is 12.8 Å². The van der Waals surface area contributed by atoms with Gasteiger partial charge in [0.15, 0.2) is 0 Å². The average Bonchev–Trinajstić information content (AvgIpc) is 3.27. The molecule has 0 fully saturated rings. The van der Waals surface area contributed by atoms with Crippen LogP contribution in [0.1, 0.15) is 209 Å². The zero-order valence-electron chi connectivity index (χ0n) is 28.9.